The number of nitrogens with one attached hydrogen (secondary N) is 1. The monoisotopic (exact) mass is 372 g/mol. The van der Waals surface area contributed by atoms with Crippen LogP contribution in [-0.2, 0) is 4.79 Å². The van der Waals surface area contributed by atoms with Crippen molar-refractivity contribution in [2.45, 2.75) is 13.8 Å². The molecule has 0 spiro atoms. The summed E-state index contributed by atoms with van der Waals surface area (Å²) in [6.45, 7) is 5.64. The average Bonchev–Trinajstić information content (AvgIpc) is 2.65. The van der Waals surface area contributed by atoms with Crippen LogP contribution in [0.1, 0.15) is 23.0 Å². The van der Waals surface area contributed by atoms with Gasteiger partial charge in [-0.05, 0) is 36.8 Å². The molecule has 26 heavy (non-hydrogen) atoms. The van der Waals surface area contributed by atoms with Gasteiger partial charge in [-0.25, -0.2) is 0 Å². The van der Waals surface area contributed by atoms with Gasteiger partial charge in [0.15, 0.2) is 0 Å². The van der Waals surface area contributed by atoms with Crippen LogP contribution in [0.4, 0.5) is 11.4 Å². The number of hydrogen-bond acceptors (Lipinski definition) is 4. The number of pyridine rings is 1. The fourth-order valence-electron chi connectivity index (χ4n) is 2.91. The first-order valence-electron chi connectivity index (χ1n) is 8.48. The van der Waals surface area contributed by atoms with E-state index in [1.807, 2.05) is 31.2 Å². The van der Waals surface area contributed by atoms with E-state index in [1.165, 1.54) is 0 Å². The van der Waals surface area contributed by atoms with E-state index in [0.29, 0.717) is 36.9 Å². The fourth-order valence-corrected chi connectivity index (χ4v) is 3.08. The molecule has 1 aliphatic heterocycles. The lowest BCUT2D eigenvalue weighted by atomic mass is 10.2. The van der Waals surface area contributed by atoms with Gasteiger partial charge in [-0.1, -0.05) is 17.7 Å². The Labute approximate surface area is 157 Å². The Bertz CT molecular complexity index is 832. The minimum absolute atomic E-state index is 0.0401. The van der Waals surface area contributed by atoms with Gasteiger partial charge in [-0.3, -0.25) is 14.6 Å². The molecule has 7 heteroatoms. The quantitative estimate of drug-likeness (QED) is 0.899. The molecular formula is C19H21ClN4O2. The van der Waals surface area contributed by atoms with E-state index in [2.05, 4.69) is 10.3 Å². The molecule has 6 nitrogen and oxygen atoms in total. The standard InChI is InChI=1S/C19H21ClN4O2/c1-13-16(20)4-3-5-17(13)22-15-6-7-21-18(12-15)19(26)24-10-8-23(9-11-24)14(2)25/h3-7,12H,8-11H2,1-2H3,(H,21,22). The van der Waals surface area contributed by atoms with Gasteiger partial charge in [0.05, 0.1) is 0 Å². The molecule has 1 aliphatic rings. The molecule has 136 valence electrons. The molecule has 0 saturated carbocycles. The van der Waals surface area contributed by atoms with Crippen LogP contribution in [0.15, 0.2) is 36.5 Å². The van der Waals surface area contributed by atoms with Crippen molar-refractivity contribution in [2.75, 3.05) is 31.5 Å². The van der Waals surface area contributed by atoms with Crippen LogP contribution in [0.3, 0.4) is 0 Å². The van der Waals surface area contributed by atoms with Crippen molar-refractivity contribution in [3.8, 4) is 0 Å². The summed E-state index contributed by atoms with van der Waals surface area (Å²) in [6, 6.07) is 9.19. The second-order valence-corrected chi connectivity index (χ2v) is 6.67. The third-order valence-corrected chi connectivity index (χ3v) is 4.95. The Morgan fingerprint density at radius 1 is 1.12 bits per heavy atom. The maximum atomic E-state index is 12.7. The van der Waals surface area contributed by atoms with Gasteiger partial charge in [0.25, 0.3) is 5.91 Å². The molecule has 3 rings (SSSR count). The fraction of sp³-hybridized carbons (Fsp3) is 0.316. The van der Waals surface area contributed by atoms with E-state index in [-0.39, 0.29) is 11.8 Å². The van der Waals surface area contributed by atoms with Crippen molar-refractivity contribution in [3.63, 3.8) is 0 Å². The highest BCUT2D eigenvalue weighted by molar-refractivity contribution is 6.31. The second kappa shape index (κ2) is 7.74. The summed E-state index contributed by atoms with van der Waals surface area (Å²) in [7, 11) is 0. The zero-order valence-corrected chi connectivity index (χ0v) is 15.6. The highest BCUT2D eigenvalue weighted by Crippen LogP contribution is 2.26. The summed E-state index contributed by atoms with van der Waals surface area (Å²) >= 11 is 6.16. The van der Waals surface area contributed by atoms with Crippen LogP contribution in [-0.4, -0.2) is 52.8 Å². The summed E-state index contributed by atoms with van der Waals surface area (Å²) in [5, 5.41) is 3.97. The van der Waals surface area contributed by atoms with Gasteiger partial charge in [0.2, 0.25) is 5.91 Å². The van der Waals surface area contributed by atoms with Crippen LogP contribution in [0, 0.1) is 6.92 Å². The first-order chi connectivity index (χ1) is 12.5. The molecule has 1 fully saturated rings. The number of piperazine rings is 1. The van der Waals surface area contributed by atoms with Crippen molar-refractivity contribution in [2.24, 2.45) is 0 Å². The predicted octanol–water partition coefficient (Wildman–Crippen LogP) is 3.09. The Morgan fingerprint density at radius 2 is 1.81 bits per heavy atom. The number of rotatable bonds is 3. The molecule has 0 radical (unpaired) electrons. The van der Waals surface area contributed by atoms with E-state index in [4.69, 9.17) is 11.6 Å². The number of nitrogens with zero attached hydrogens (tertiary/aromatic N) is 3. The Hall–Kier alpha value is -2.60. The minimum atomic E-state index is -0.125. The van der Waals surface area contributed by atoms with Crippen LogP contribution >= 0.6 is 11.6 Å². The Balaban J connectivity index is 1.72. The first-order valence-corrected chi connectivity index (χ1v) is 8.86. The Morgan fingerprint density at radius 3 is 2.50 bits per heavy atom. The average molecular weight is 373 g/mol. The summed E-state index contributed by atoms with van der Waals surface area (Å²) < 4.78 is 0. The molecule has 2 aromatic rings. The largest absolute Gasteiger partial charge is 0.355 e. The second-order valence-electron chi connectivity index (χ2n) is 6.27. The molecule has 1 aromatic heterocycles. The molecular weight excluding hydrogens is 352 g/mol. The van der Waals surface area contributed by atoms with E-state index in [1.54, 1.807) is 29.0 Å². The molecule has 1 saturated heterocycles. The number of amides is 2. The van der Waals surface area contributed by atoms with Gasteiger partial charge in [-0.2, -0.15) is 0 Å². The maximum Gasteiger partial charge on any atom is 0.272 e. The predicted molar refractivity (Wildman–Crippen MR) is 102 cm³/mol. The van der Waals surface area contributed by atoms with Crippen LogP contribution in [0.2, 0.25) is 5.02 Å². The van der Waals surface area contributed by atoms with E-state index in [0.717, 1.165) is 16.9 Å². The third-order valence-electron chi connectivity index (χ3n) is 4.54. The molecule has 0 bridgehead atoms. The zero-order valence-electron chi connectivity index (χ0n) is 14.8. The van der Waals surface area contributed by atoms with Gasteiger partial charge in [-0.15, -0.1) is 0 Å². The zero-order chi connectivity index (χ0) is 18.7. The van der Waals surface area contributed by atoms with Gasteiger partial charge >= 0.3 is 0 Å². The summed E-state index contributed by atoms with van der Waals surface area (Å²) in [5.74, 6) is -0.0852. The smallest absolute Gasteiger partial charge is 0.272 e. The van der Waals surface area contributed by atoms with Gasteiger partial charge in [0.1, 0.15) is 5.69 Å². The lowest BCUT2D eigenvalue weighted by Gasteiger charge is -2.34. The number of anilines is 2. The molecule has 0 unspecified atom stereocenters. The number of carbonyl (C=O) groups is 2. The third kappa shape index (κ3) is 3.96. The lowest BCUT2D eigenvalue weighted by molar-refractivity contribution is -0.130. The van der Waals surface area contributed by atoms with Crippen LogP contribution in [0.25, 0.3) is 0 Å². The minimum Gasteiger partial charge on any atom is -0.355 e. The van der Waals surface area contributed by atoms with Crippen LogP contribution < -0.4 is 5.32 Å². The highest BCUT2D eigenvalue weighted by atomic mass is 35.5. The molecule has 1 N–H and O–H groups in total. The Kier molecular flexibility index (Phi) is 5.42. The topological polar surface area (TPSA) is 65.5 Å². The molecule has 2 heterocycles. The number of aromatic nitrogens is 1. The normalized spacial score (nSPS) is 14.3. The van der Waals surface area contributed by atoms with E-state index >= 15 is 0 Å². The highest BCUT2D eigenvalue weighted by Gasteiger charge is 2.24. The molecule has 1 aromatic carbocycles. The maximum absolute atomic E-state index is 12.7. The van der Waals surface area contributed by atoms with Crippen molar-refractivity contribution in [1.82, 2.24) is 14.8 Å². The van der Waals surface area contributed by atoms with Gasteiger partial charge in [0, 0.05) is 55.7 Å². The molecule has 0 atom stereocenters. The van der Waals surface area contributed by atoms with Crippen LogP contribution in [0.5, 0.6) is 0 Å². The number of carbonyl (C=O) groups excluding carboxylic acids is 2. The lowest BCUT2D eigenvalue weighted by Crippen LogP contribution is -2.50. The first kappa shape index (κ1) is 18.2. The number of hydrogen-bond donors (Lipinski definition) is 1. The molecule has 2 amide bonds. The number of halogens is 1. The molecule has 0 aliphatic carbocycles. The van der Waals surface area contributed by atoms with Crippen molar-refractivity contribution >= 4 is 34.8 Å². The summed E-state index contributed by atoms with van der Waals surface area (Å²) in [6.07, 6.45) is 1.61. The summed E-state index contributed by atoms with van der Waals surface area (Å²) in [5.41, 5.74) is 2.98. The van der Waals surface area contributed by atoms with Gasteiger partial charge < -0.3 is 15.1 Å². The SMILES string of the molecule is CC(=O)N1CCN(C(=O)c2cc(Nc3cccc(Cl)c3C)ccn2)CC1. The number of benzene rings is 1. The van der Waals surface area contributed by atoms with E-state index < -0.39 is 0 Å². The van der Waals surface area contributed by atoms with Crippen molar-refractivity contribution in [3.05, 3.63) is 52.8 Å². The van der Waals surface area contributed by atoms with Crippen molar-refractivity contribution < 1.29 is 9.59 Å². The van der Waals surface area contributed by atoms with E-state index in [9.17, 15) is 9.59 Å². The summed E-state index contributed by atoms with van der Waals surface area (Å²) in [4.78, 5) is 31.8. The van der Waals surface area contributed by atoms with Crippen molar-refractivity contribution in [1.29, 1.82) is 0 Å².